The number of hydrogen-bond acceptors (Lipinski definition) is 3. The Morgan fingerprint density at radius 2 is 1.69 bits per heavy atom. The number of methoxy groups -OCH3 is 1. The average molecular weight is 471 g/mol. The van der Waals surface area contributed by atoms with E-state index in [1.807, 2.05) is 30.3 Å². The van der Waals surface area contributed by atoms with Crippen molar-refractivity contribution in [1.29, 1.82) is 0 Å². The third kappa shape index (κ3) is 5.14. The molecule has 1 fully saturated rings. The second-order valence-corrected chi connectivity index (χ2v) is 9.56. The van der Waals surface area contributed by atoms with E-state index >= 15 is 0 Å². The van der Waals surface area contributed by atoms with E-state index in [0.29, 0.717) is 12.5 Å². The molecule has 1 heterocycles. The molecule has 1 atom stereocenters. The summed E-state index contributed by atoms with van der Waals surface area (Å²) in [7, 11) is 1.63. The van der Waals surface area contributed by atoms with Crippen LogP contribution in [0.25, 0.3) is 11.1 Å². The summed E-state index contributed by atoms with van der Waals surface area (Å²) < 4.78 is 11.5. The third-order valence-corrected chi connectivity index (χ3v) is 7.29. The molecule has 182 valence electrons. The maximum atomic E-state index is 13.2. The lowest BCUT2D eigenvalue weighted by Crippen LogP contribution is -2.45. The Labute approximate surface area is 208 Å². The predicted molar refractivity (Wildman–Crippen MR) is 142 cm³/mol. The topological polar surface area (TPSA) is 50.8 Å². The van der Waals surface area contributed by atoms with Gasteiger partial charge in [-0.05, 0) is 78.3 Å². The normalized spacial score (nSPS) is 17.9. The number of carbonyl (C=O) groups excluding carboxylic acids is 1. The number of fused-ring (bicyclic) bond motifs is 1. The molecule has 2 aliphatic rings. The molecule has 3 aromatic rings. The highest BCUT2D eigenvalue weighted by atomic mass is 16.5. The number of nitrogens with zero attached hydrogens (tertiary/aromatic N) is 1. The molecule has 1 saturated carbocycles. The SMILES string of the molecule is CCC1CN(C(=O)Nc2ccc(OC)cc2)c2ccc(-c3ccc(C4CCCCC4)cc3)cc2O1. The minimum absolute atomic E-state index is 0.0481. The molecule has 35 heavy (non-hydrogen) atoms. The van der Waals surface area contributed by atoms with Crippen LogP contribution in [0.2, 0.25) is 0 Å². The van der Waals surface area contributed by atoms with Gasteiger partial charge >= 0.3 is 6.03 Å². The van der Waals surface area contributed by atoms with Gasteiger partial charge in [0.2, 0.25) is 0 Å². The van der Waals surface area contributed by atoms with Crippen LogP contribution < -0.4 is 19.7 Å². The van der Waals surface area contributed by atoms with Crippen molar-refractivity contribution >= 4 is 17.4 Å². The molecule has 1 N–H and O–H groups in total. The summed E-state index contributed by atoms with van der Waals surface area (Å²) >= 11 is 0. The molecule has 0 saturated heterocycles. The van der Waals surface area contributed by atoms with Crippen molar-refractivity contribution in [3.05, 3.63) is 72.3 Å². The minimum atomic E-state index is -0.164. The van der Waals surface area contributed by atoms with E-state index in [0.717, 1.165) is 34.9 Å². The van der Waals surface area contributed by atoms with Crippen LogP contribution in [0.3, 0.4) is 0 Å². The molecule has 5 rings (SSSR count). The molecule has 0 aromatic heterocycles. The molecule has 0 spiro atoms. The van der Waals surface area contributed by atoms with Crippen molar-refractivity contribution in [3.8, 4) is 22.6 Å². The van der Waals surface area contributed by atoms with Crippen LogP contribution in [0, 0.1) is 0 Å². The van der Waals surface area contributed by atoms with Crippen molar-refractivity contribution in [2.24, 2.45) is 0 Å². The summed E-state index contributed by atoms with van der Waals surface area (Å²) in [4.78, 5) is 15.0. The molecule has 0 radical (unpaired) electrons. The molecule has 0 bridgehead atoms. The Morgan fingerprint density at radius 3 is 2.37 bits per heavy atom. The third-order valence-electron chi connectivity index (χ3n) is 7.29. The fraction of sp³-hybridized carbons (Fsp3) is 0.367. The van der Waals surface area contributed by atoms with E-state index in [4.69, 9.17) is 9.47 Å². The first kappa shape index (κ1) is 23.3. The highest BCUT2D eigenvalue weighted by Gasteiger charge is 2.29. The first-order chi connectivity index (χ1) is 17.1. The average Bonchev–Trinajstić information content (AvgIpc) is 2.93. The van der Waals surface area contributed by atoms with Gasteiger partial charge in [0.25, 0.3) is 0 Å². The van der Waals surface area contributed by atoms with Gasteiger partial charge in [-0.25, -0.2) is 4.79 Å². The number of amides is 2. The fourth-order valence-corrected chi connectivity index (χ4v) is 5.18. The summed E-state index contributed by atoms with van der Waals surface area (Å²) in [5.41, 5.74) is 5.25. The Hall–Kier alpha value is -3.47. The van der Waals surface area contributed by atoms with Crippen molar-refractivity contribution in [3.63, 3.8) is 0 Å². The smallest absolute Gasteiger partial charge is 0.326 e. The van der Waals surface area contributed by atoms with E-state index in [-0.39, 0.29) is 12.1 Å². The van der Waals surface area contributed by atoms with Crippen molar-refractivity contribution < 1.29 is 14.3 Å². The monoisotopic (exact) mass is 470 g/mol. The van der Waals surface area contributed by atoms with Gasteiger partial charge in [0, 0.05) is 5.69 Å². The van der Waals surface area contributed by atoms with Crippen LogP contribution in [0.5, 0.6) is 11.5 Å². The molecule has 5 heteroatoms. The number of urea groups is 1. The van der Waals surface area contributed by atoms with Crippen molar-refractivity contribution in [1.82, 2.24) is 0 Å². The second kappa shape index (κ2) is 10.4. The zero-order valence-corrected chi connectivity index (χ0v) is 20.6. The number of benzene rings is 3. The Morgan fingerprint density at radius 1 is 0.971 bits per heavy atom. The van der Waals surface area contributed by atoms with Gasteiger partial charge in [-0.1, -0.05) is 56.5 Å². The Balaban J connectivity index is 1.36. The highest BCUT2D eigenvalue weighted by Crippen LogP contribution is 2.39. The zero-order chi connectivity index (χ0) is 24.2. The lowest BCUT2D eigenvalue weighted by Gasteiger charge is -2.35. The van der Waals surface area contributed by atoms with Crippen LogP contribution in [0.15, 0.2) is 66.7 Å². The van der Waals surface area contributed by atoms with Crippen LogP contribution >= 0.6 is 0 Å². The van der Waals surface area contributed by atoms with Gasteiger partial charge < -0.3 is 14.8 Å². The van der Waals surface area contributed by atoms with E-state index in [2.05, 4.69) is 48.6 Å². The van der Waals surface area contributed by atoms with Crippen LogP contribution in [0.4, 0.5) is 16.2 Å². The number of nitrogens with one attached hydrogen (secondary N) is 1. The van der Waals surface area contributed by atoms with E-state index in [9.17, 15) is 4.79 Å². The minimum Gasteiger partial charge on any atom is -0.497 e. The summed E-state index contributed by atoms with van der Waals surface area (Å²) in [5, 5.41) is 3.01. The summed E-state index contributed by atoms with van der Waals surface area (Å²) in [6, 6.07) is 22.4. The van der Waals surface area contributed by atoms with Gasteiger partial charge in [-0.15, -0.1) is 0 Å². The second-order valence-electron chi connectivity index (χ2n) is 9.56. The lowest BCUT2D eigenvalue weighted by molar-refractivity contribution is 0.188. The molecular weight excluding hydrogens is 436 g/mol. The maximum absolute atomic E-state index is 13.2. The molecule has 5 nitrogen and oxygen atoms in total. The largest absolute Gasteiger partial charge is 0.497 e. The van der Waals surface area contributed by atoms with Crippen LogP contribution in [-0.4, -0.2) is 25.8 Å². The lowest BCUT2D eigenvalue weighted by atomic mass is 9.84. The number of anilines is 2. The van der Waals surface area contributed by atoms with E-state index in [1.165, 1.54) is 43.2 Å². The van der Waals surface area contributed by atoms with E-state index < -0.39 is 0 Å². The van der Waals surface area contributed by atoms with E-state index in [1.54, 1.807) is 12.0 Å². The molecule has 2 amide bonds. The summed E-state index contributed by atoms with van der Waals surface area (Å²) in [6.45, 7) is 2.60. The van der Waals surface area contributed by atoms with Crippen LogP contribution in [0.1, 0.15) is 56.9 Å². The standard InChI is InChI=1S/C30H34N2O3/c1-3-26-20-32(30(33)31-25-14-16-27(34-2)17-15-25)28-18-13-24(19-29(28)35-26)23-11-9-22(10-12-23)21-7-5-4-6-8-21/h9-19,21,26H,3-8,20H2,1-2H3,(H,31,33). The molecular formula is C30H34N2O3. The summed E-state index contributed by atoms with van der Waals surface area (Å²) in [5.74, 6) is 2.21. The Kier molecular flexibility index (Phi) is 6.94. The van der Waals surface area contributed by atoms with Crippen LogP contribution in [-0.2, 0) is 0 Å². The van der Waals surface area contributed by atoms with Gasteiger partial charge in [-0.2, -0.15) is 0 Å². The Bertz CT molecular complexity index is 1150. The summed E-state index contributed by atoms with van der Waals surface area (Å²) in [6.07, 6.45) is 7.44. The zero-order valence-electron chi connectivity index (χ0n) is 20.6. The van der Waals surface area contributed by atoms with Gasteiger partial charge in [-0.3, -0.25) is 4.90 Å². The predicted octanol–water partition coefficient (Wildman–Crippen LogP) is 7.62. The molecule has 1 aliphatic carbocycles. The number of hydrogen-bond donors (Lipinski definition) is 1. The van der Waals surface area contributed by atoms with Gasteiger partial charge in [0.15, 0.2) is 0 Å². The highest BCUT2D eigenvalue weighted by molar-refractivity contribution is 6.03. The maximum Gasteiger partial charge on any atom is 0.326 e. The van der Waals surface area contributed by atoms with Crippen molar-refractivity contribution in [2.45, 2.75) is 57.5 Å². The fourth-order valence-electron chi connectivity index (χ4n) is 5.18. The van der Waals surface area contributed by atoms with Gasteiger partial charge in [0.05, 0.1) is 19.3 Å². The quantitative estimate of drug-likeness (QED) is 0.417. The molecule has 1 aliphatic heterocycles. The number of rotatable bonds is 5. The number of ether oxygens (including phenoxy) is 2. The molecule has 1 unspecified atom stereocenters. The van der Waals surface area contributed by atoms with Gasteiger partial charge in [0.1, 0.15) is 17.6 Å². The number of carbonyl (C=O) groups is 1. The molecule has 3 aromatic carbocycles. The first-order valence-electron chi connectivity index (χ1n) is 12.8. The van der Waals surface area contributed by atoms with Crippen molar-refractivity contribution in [2.75, 3.05) is 23.9 Å². The first-order valence-corrected chi connectivity index (χ1v) is 12.8.